The molecule has 1 aromatic heterocycles. The van der Waals surface area contributed by atoms with Gasteiger partial charge in [0, 0.05) is 18.3 Å². The molecule has 3 rings (SSSR count). The van der Waals surface area contributed by atoms with E-state index in [1.807, 2.05) is 0 Å². The molecule has 3 amide bonds. The summed E-state index contributed by atoms with van der Waals surface area (Å²) >= 11 is 1.66. The normalized spacial score (nSPS) is 21.4. The number of thioether (sulfide) groups is 2. The summed E-state index contributed by atoms with van der Waals surface area (Å²) in [5, 5.41) is 35.3. The molecule has 1 unspecified atom stereocenters. The Morgan fingerprint density at radius 2 is 2.19 bits per heavy atom. The Balaban J connectivity index is 0.00000456. The number of aliphatic carboxylic acids is 1. The van der Waals surface area contributed by atoms with Crippen LogP contribution in [0.15, 0.2) is 27.7 Å². The van der Waals surface area contributed by atoms with Crippen LogP contribution in [0.4, 0.5) is 4.39 Å². The van der Waals surface area contributed by atoms with Crippen LogP contribution in [0, 0.1) is 0 Å². The van der Waals surface area contributed by atoms with Gasteiger partial charge in [0.2, 0.25) is 11.1 Å². The van der Waals surface area contributed by atoms with Gasteiger partial charge in [-0.05, 0) is 16.0 Å². The number of nitrogens with two attached hydrogens (primary N) is 1. The number of ether oxygens (including phenoxy) is 2. The molecular weight excluding hydrogens is 536 g/mol. The third kappa shape index (κ3) is 6.08. The van der Waals surface area contributed by atoms with E-state index in [1.54, 1.807) is 0 Å². The van der Waals surface area contributed by atoms with Crippen LogP contribution < -0.4 is 45.7 Å². The van der Waals surface area contributed by atoms with E-state index in [1.165, 1.54) is 4.68 Å². The summed E-state index contributed by atoms with van der Waals surface area (Å²) in [6.07, 6.45) is -1.31. The fraction of sp³-hybridized carbons (Fsp3) is 0.471. The standard InChI is InChI=1S/C17H20FN7O8S2.Na/c1-32-17(20-10(27)7-34-6-9(18)12(19)28)14(31)25-11(13(29)30)8(4-33-15(17)25)5-35-16-21-22-23-24(16)2-3-26;/h6,15,26H,2-5,7H2,1H3,(H2,19,28)(H,20,27)(H,29,30);/q;+1/p-1/b9-6-;/t15?,17-;/m0./s1. The van der Waals surface area contributed by atoms with Gasteiger partial charge in [-0.3, -0.25) is 19.3 Å². The third-order valence-corrected chi connectivity index (χ3v) is 6.62. The van der Waals surface area contributed by atoms with E-state index in [0.29, 0.717) is 16.9 Å². The number of nitrogens with zero attached hydrogens (tertiary/aromatic N) is 5. The van der Waals surface area contributed by atoms with Gasteiger partial charge in [-0.2, -0.15) is 0 Å². The monoisotopic (exact) mass is 555 g/mol. The van der Waals surface area contributed by atoms with Gasteiger partial charge >= 0.3 is 29.6 Å². The van der Waals surface area contributed by atoms with Gasteiger partial charge in [0.1, 0.15) is 0 Å². The van der Waals surface area contributed by atoms with Gasteiger partial charge in [-0.15, -0.1) is 16.9 Å². The molecular formula is C17H19FN7NaO8S2. The van der Waals surface area contributed by atoms with E-state index in [9.17, 15) is 28.7 Å². The summed E-state index contributed by atoms with van der Waals surface area (Å²) in [5.74, 6) is -6.27. The molecule has 190 valence electrons. The smallest absolute Gasteiger partial charge is 0.543 e. The molecule has 0 bridgehead atoms. The SMILES string of the molecule is CO[C@@]1(NC(=O)CS/C=C(\F)C(N)=O)C(=O)N2C(C(=O)[O-])=C(CSc3nnnn3CCO)COC21.[Na+]. The van der Waals surface area contributed by atoms with Gasteiger partial charge in [0.15, 0.2) is 12.1 Å². The summed E-state index contributed by atoms with van der Waals surface area (Å²) in [6.45, 7) is -0.322. The van der Waals surface area contributed by atoms with Crippen molar-refractivity contribution in [1.82, 2.24) is 30.4 Å². The van der Waals surface area contributed by atoms with Crippen molar-refractivity contribution in [1.29, 1.82) is 0 Å². The van der Waals surface area contributed by atoms with Crippen molar-refractivity contribution in [3.63, 3.8) is 0 Å². The van der Waals surface area contributed by atoms with Crippen molar-refractivity contribution in [2.75, 3.05) is 31.8 Å². The predicted octanol–water partition coefficient (Wildman–Crippen LogP) is -6.55. The minimum Gasteiger partial charge on any atom is -0.543 e. The first-order chi connectivity index (χ1) is 16.7. The molecule has 4 N–H and O–H groups in total. The third-order valence-electron chi connectivity index (χ3n) is 4.77. The Morgan fingerprint density at radius 3 is 2.81 bits per heavy atom. The number of primary amides is 1. The number of aliphatic hydroxyl groups excluding tert-OH is 1. The van der Waals surface area contributed by atoms with Gasteiger partial charge in [-0.1, -0.05) is 11.8 Å². The second-order valence-electron chi connectivity index (χ2n) is 6.90. The molecule has 0 spiro atoms. The Hall–Kier alpha value is -2.06. The van der Waals surface area contributed by atoms with Gasteiger partial charge in [0.05, 0.1) is 37.2 Å². The summed E-state index contributed by atoms with van der Waals surface area (Å²) in [6, 6.07) is 0. The van der Waals surface area contributed by atoms with E-state index >= 15 is 0 Å². The number of nitrogens with one attached hydrogen (secondary N) is 1. The van der Waals surface area contributed by atoms with Gasteiger partial charge in [0.25, 0.3) is 17.5 Å². The molecule has 1 fully saturated rings. The largest absolute Gasteiger partial charge is 1.00 e. The van der Waals surface area contributed by atoms with E-state index in [2.05, 4.69) is 20.8 Å². The van der Waals surface area contributed by atoms with Crippen LogP contribution in [0.5, 0.6) is 0 Å². The molecule has 0 saturated carbocycles. The molecule has 3 heterocycles. The first kappa shape index (κ1) is 30.2. The van der Waals surface area contributed by atoms with Crippen LogP contribution in [0.3, 0.4) is 0 Å². The number of carbonyl (C=O) groups is 4. The molecule has 1 saturated heterocycles. The number of β-lactam (4-membered cyclic amide) rings is 1. The topological polar surface area (TPSA) is 215 Å². The molecule has 1 aromatic rings. The number of halogens is 1. The van der Waals surface area contributed by atoms with Gasteiger partial charge < -0.3 is 35.5 Å². The molecule has 2 aliphatic rings. The average molecular weight is 556 g/mol. The number of rotatable bonds is 12. The first-order valence-corrected chi connectivity index (χ1v) is 11.7. The first-order valence-electron chi connectivity index (χ1n) is 9.68. The number of hydrogen-bond acceptors (Lipinski definition) is 13. The number of amides is 3. The zero-order valence-electron chi connectivity index (χ0n) is 19.0. The fourth-order valence-corrected chi connectivity index (χ4v) is 4.68. The van der Waals surface area contributed by atoms with E-state index in [-0.39, 0.29) is 60.6 Å². The van der Waals surface area contributed by atoms with Crippen molar-refractivity contribution >= 4 is 47.2 Å². The molecule has 36 heavy (non-hydrogen) atoms. The summed E-state index contributed by atoms with van der Waals surface area (Å²) in [7, 11) is 1.12. The zero-order valence-corrected chi connectivity index (χ0v) is 22.6. The second kappa shape index (κ2) is 13.0. The second-order valence-corrected chi connectivity index (χ2v) is 8.70. The number of carboxylic acids is 1. The van der Waals surface area contributed by atoms with Crippen molar-refractivity contribution in [3.8, 4) is 0 Å². The summed E-state index contributed by atoms with van der Waals surface area (Å²) < 4.78 is 25.3. The number of aromatic nitrogens is 4. The van der Waals surface area contributed by atoms with Crippen molar-refractivity contribution in [2.45, 2.75) is 23.7 Å². The minimum absolute atomic E-state index is 0. The Kier molecular flexibility index (Phi) is 10.9. The molecule has 0 aromatic carbocycles. The summed E-state index contributed by atoms with van der Waals surface area (Å²) in [5.41, 5.74) is 2.48. The number of carbonyl (C=O) groups excluding carboxylic acids is 4. The van der Waals surface area contributed by atoms with Crippen LogP contribution in [0.2, 0.25) is 0 Å². The van der Waals surface area contributed by atoms with Crippen LogP contribution >= 0.6 is 23.5 Å². The molecule has 15 nitrogen and oxygen atoms in total. The molecule has 0 radical (unpaired) electrons. The van der Waals surface area contributed by atoms with E-state index in [4.69, 9.17) is 20.3 Å². The quantitative estimate of drug-likeness (QED) is 0.0720. The number of hydrogen-bond donors (Lipinski definition) is 3. The minimum atomic E-state index is -2.02. The predicted molar refractivity (Wildman–Crippen MR) is 113 cm³/mol. The number of aliphatic hydroxyl groups is 1. The average Bonchev–Trinajstić information content (AvgIpc) is 3.27. The zero-order chi connectivity index (χ0) is 25.8. The van der Waals surface area contributed by atoms with Crippen molar-refractivity contribution < 1.29 is 72.8 Å². The number of fused-ring (bicyclic) bond motifs is 1. The Morgan fingerprint density at radius 1 is 1.47 bits per heavy atom. The van der Waals surface area contributed by atoms with Crippen molar-refractivity contribution in [3.05, 3.63) is 22.5 Å². The maximum atomic E-state index is 13.1. The number of carboxylic acid groups (broad SMARTS) is 1. The van der Waals surface area contributed by atoms with Crippen LogP contribution in [0.1, 0.15) is 0 Å². The van der Waals surface area contributed by atoms with E-state index in [0.717, 1.165) is 29.2 Å². The van der Waals surface area contributed by atoms with Crippen LogP contribution in [0.25, 0.3) is 0 Å². The van der Waals surface area contributed by atoms with Gasteiger partial charge in [-0.25, -0.2) is 9.07 Å². The molecule has 0 aliphatic carbocycles. The summed E-state index contributed by atoms with van der Waals surface area (Å²) in [4.78, 5) is 48.6. The van der Waals surface area contributed by atoms with Crippen LogP contribution in [-0.2, 0) is 35.2 Å². The Labute approximate surface area is 233 Å². The molecule has 2 aliphatic heterocycles. The van der Waals surface area contributed by atoms with E-state index < -0.39 is 52.9 Å². The number of tetrazole rings is 1. The molecule has 19 heteroatoms. The van der Waals surface area contributed by atoms with Crippen molar-refractivity contribution in [2.24, 2.45) is 5.73 Å². The van der Waals surface area contributed by atoms with Crippen LogP contribution in [-0.4, -0.2) is 97.7 Å². The fourth-order valence-electron chi connectivity index (χ4n) is 3.22. The molecule has 2 atom stereocenters. The maximum absolute atomic E-state index is 13.1. The maximum Gasteiger partial charge on any atom is 1.00 e. The Bertz CT molecular complexity index is 1100. The number of methoxy groups -OCH3 is 1.